The van der Waals surface area contributed by atoms with Crippen molar-refractivity contribution in [2.24, 2.45) is 4.99 Å². The molecule has 0 aliphatic rings. The molecule has 0 aliphatic carbocycles. The smallest absolute Gasteiger partial charge is 0.191 e. The Bertz CT molecular complexity index is 655. The van der Waals surface area contributed by atoms with Crippen molar-refractivity contribution in [2.45, 2.75) is 39.3 Å². The zero-order valence-electron chi connectivity index (χ0n) is 14.3. The van der Waals surface area contributed by atoms with Crippen molar-refractivity contribution in [1.82, 2.24) is 15.6 Å². The molecule has 1 unspecified atom stereocenters. The van der Waals surface area contributed by atoms with E-state index in [1.54, 1.807) is 18.4 Å². The highest BCUT2D eigenvalue weighted by atomic mass is 127. The number of rotatable bonds is 5. The van der Waals surface area contributed by atoms with Crippen molar-refractivity contribution < 1.29 is 0 Å². The zero-order chi connectivity index (χ0) is 16.8. The molecular formula is C17H24ClIN4S. The van der Waals surface area contributed by atoms with Crippen LogP contribution in [-0.2, 0) is 6.54 Å². The molecule has 4 nitrogen and oxygen atoms in total. The summed E-state index contributed by atoms with van der Waals surface area (Å²) < 4.78 is 0. The van der Waals surface area contributed by atoms with Crippen LogP contribution in [0.15, 0.2) is 34.6 Å². The Hall–Kier alpha value is -0.860. The summed E-state index contributed by atoms with van der Waals surface area (Å²) >= 11 is 7.63. The molecular weight excluding hydrogens is 455 g/mol. The molecule has 7 heteroatoms. The number of hydrogen-bond donors (Lipinski definition) is 2. The van der Waals surface area contributed by atoms with Crippen LogP contribution in [-0.4, -0.2) is 18.0 Å². The van der Waals surface area contributed by atoms with Crippen LogP contribution < -0.4 is 10.6 Å². The normalized spacial score (nSPS) is 12.7. The third kappa shape index (κ3) is 6.22. The molecule has 2 N–H and O–H groups in total. The van der Waals surface area contributed by atoms with Crippen molar-refractivity contribution in [3.05, 3.63) is 50.9 Å². The Kier molecular flexibility index (Phi) is 9.01. The summed E-state index contributed by atoms with van der Waals surface area (Å²) in [6.45, 7) is 7.07. The second-order valence-corrected chi connectivity index (χ2v) is 7.00. The van der Waals surface area contributed by atoms with Gasteiger partial charge in [-0.25, -0.2) is 4.98 Å². The highest BCUT2D eigenvalue weighted by molar-refractivity contribution is 14.0. The van der Waals surface area contributed by atoms with Crippen LogP contribution in [0.25, 0.3) is 0 Å². The van der Waals surface area contributed by atoms with Gasteiger partial charge in [-0.05, 0) is 24.6 Å². The van der Waals surface area contributed by atoms with Crippen molar-refractivity contribution in [3.8, 4) is 0 Å². The summed E-state index contributed by atoms with van der Waals surface area (Å²) in [5.41, 5.74) is 2.20. The van der Waals surface area contributed by atoms with Crippen LogP contribution in [0.5, 0.6) is 0 Å². The minimum absolute atomic E-state index is 0. The van der Waals surface area contributed by atoms with Gasteiger partial charge in [0, 0.05) is 23.4 Å². The van der Waals surface area contributed by atoms with E-state index in [-0.39, 0.29) is 30.0 Å². The summed E-state index contributed by atoms with van der Waals surface area (Å²) in [5, 5.41) is 10.7. The largest absolute Gasteiger partial charge is 0.351 e. The fourth-order valence-electron chi connectivity index (χ4n) is 2.08. The molecule has 2 aromatic rings. The van der Waals surface area contributed by atoms with Gasteiger partial charge in [0.05, 0.1) is 23.3 Å². The van der Waals surface area contributed by atoms with E-state index in [2.05, 4.69) is 46.8 Å². The Labute approximate surface area is 170 Å². The van der Waals surface area contributed by atoms with Gasteiger partial charge in [-0.2, -0.15) is 0 Å². The van der Waals surface area contributed by atoms with E-state index in [0.29, 0.717) is 12.5 Å². The van der Waals surface area contributed by atoms with Gasteiger partial charge in [-0.3, -0.25) is 4.99 Å². The molecule has 1 heterocycles. The summed E-state index contributed by atoms with van der Waals surface area (Å²) in [5.74, 6) is 1.22. The van der Waals surface area contributed by atoms with Crippen molar-refractivity contribution in [1.29, 1.82) is 0 Å². The number of guanidine groups is 1. The minimum Gasteiger partial charge on any atom is -0.351 e. The first kappa shape index (κ1) is 21.2. The van der Waals surface area contributed by atoms with Crippen molar-refractivity contribution in [3.63, 3.8) is 0 Å². The topological polar surface area (TPSA) is 49.3 Å². The Morgan fingerprint density at radius 2 is 1.92 bits per heavy atom. The first-order valence-electron chi connectivity index (χ1n) is 7.66. The monoisotopic (exact) mass is 478 g/mol. The molecule has 0 bridgehead atoms. The third-order valence-electron chi connectivity index (χ3n) is 3.45. The van der Waals surface area contributed by atoms with Gasteiger partial charge >= 0.3 is 0 Å². The molecule has 1 aromatic heterocycles. The van der Waals surface area contributed by atoms with Crippen LogP contribution >= 0.6 is 46.9 Å². The van der Waals surface area contributed by atoms with Gasteiger partial charge in [-0.15, -0.1) is 35.3 Å². The van der Waals surface area contributed by atoms with Gasteiger partial charge in [0.15, 0.2) is 5.96 Å². The first-order valence-corrected chi connectivity index (χ1v) is 8.92. The molecule has 1 atom stereocenters. The number of aliphatic imine (C=N–C) groups is 1. The molecule has 0 amide bonds. The second-order valence-electron chi connectivity index (χ2n) is 5.68. The predicted molar refractivity (Wildman–Crippen MR) is 115 cm³/mol. The number of benzene rings is 1. The third-order valence-corrected chi connectivity index (χ3v) is 4.89. The van der Waals surface area contributed by atoms with E-state index in [0.717, 1.165) is 22.2 Å². The van der Waals surface area contributed by atoms with Crippen molar-refractivity contribution >= 4 is 52.9 Å². The SMILES string of the molecule is CN=C(NCc1csc(C(C)C)n1)NC(C)c1ccc(Cl)cc1.I. The van der Waals surface area contributed by atoms with Gasteiger partial charge in [0.25, 0.3) is 0 Å². The average molecular weight is 479 g/mol. The Morgan fingerprint density at radius 3 is 2.46 bits per heavy atom. The van der Waals surface area contributed by atoms with Crippen LogP contribution in [0.1, 0.15) is 49.0 Å². The first-order chi connectivity index (χ1) is 11.0. The molecule has 0 aliphatic heterocycles. The molecule has 0 fully saturated rings. The zero-order valence-corrected chi connectivity index (χ0v) is 18.2. The van der Waals surface area contributed by atoms with E-state index in [1.807, 2.05) is 24.3 Å². The fourth-order valence-corrected chi connectivity index (χ4v) is 3.04. The molecule has 1 aromatic carbocycles. The van der Waals surface area contributed by atoms with Crippen molar-refractivity contribution in [2.75, 3.05) is 7.05 Å². The van der Waals surface area contributed by atoms with Gasteiger partial charge < -0.3 is 10.6 Å². The van der Waals surface area contributed by atoms with E-state index in [9.17, 15) is 0 Å². The number of nitrogens with zero attached hydrogens (tertiary/aromatic N) is 2. The van der Waals surface area contributed by atoms with E-state index < -0.39 is 0 Å². The van der Waals surface area contributed by atoms with Crippen LogP contribution in [0.4, 0.5) is 0 Å². The van der Waals surface area contributed by atoms with Gasteiger partial charge in [0.2, 0.25) is 0 Å². The molecule has 24 heavy (non-hydrogen) atoms. The van der Waals surface area contributed by atoms with Crippen LogP contribution in [0.2, 0.25) is 5.02 Å². The number of hydrogen-bond acceptors (Lipinski definition) is 3. The average Bonchev–Trinajstić information content (AvgIpc) is 3.01. The van der Waals surface area contributed by atoms with E-state index >= 15 is 0 Å². The maximum absolute atomic E-state index is 5.93. The molecule has 0 radical (unpaired) electrons. The maximum Gasteiger partial charge on any atom is 0.191 e. The summed E-state index contributed by atoms with van der Waals surface area (Å²) in [4.78, 5) is 8.89. The lowest BCUT2D eigenvalue weighted by molar-refractivity contribution is 0.682. The summed E-state index contributed by atoms with van der Waals surface area (Å²) in [6, 6.07) is 7.97. The number of nitrogens with one attached hydrogen (secondary N) is 2. The molecule has 2 rings (SSSR count). The lowest BCUT2D eigenvalue weighted by atomic mass is 10.1. The predicted octanol–water partition coefficient (Wildman–Crippen LogP) is 4.96. The Balaban J connectivity index is 0.00000288. The summed E-state index contributed by atoms with van der Waals surface area (Å²) in [6.07, 6.45) is 0. The lowest BCUT2D eigenvalue weighted by Crippen LogP contribution is -2.38. The standard InChI is InChI=1S/C17H23ClN4S.HI/c1-11(2)16-22-15(10-23-16)9-20-17(19-4)21-12(3)13-5-7-14(18)8-6-13;/h5-8,10-12H,9H2,1-4H3,(H2,19,20,21);1H. The van der Waals surface area contributed by atoms with Gasteiger partial charge in [0.1, 0.15) is 0 Å². The van der Waals surface area contributed by atoms with Gasteiger partial charge in [-0.1, -0.05) is 37.6 Å². The highest BCUT2D eigenvalue weighted by Crippen LogP contribution is 2.19. The number of halogens is 2. The van der Waals surface area contributed by atoms with Crippen LogP contribution in [0, 0.1) is 0 Å². The molecule has 0 spiro atoms. The molecule has 0 saturated heterocycles. The summed E-state index contributed by atoms with van der Waals surface area (Å²) in [7, 11) is 1.77. The minimum atomic E-state index is 0. The Morgan fingerprint density at radius 1 is 1.25 bits per heavy atom. The fraction of sp³-hybridized carbons (Fsp3) is 0.412. The molecule has 0 saturated carbocycles. The van der Waals surface area contributed by atoms with E-state index in [4.69, 9.17) is 11.6 Å². The number of aromatic nitrogens is 1. The number of thiazole rings is 1. The quantitative estimate of drug-likeness (QED) is 0.363. The maximum atomic E-state index is 5.93. The molecule has 132 valence electrons. The van der Waals surface area contributed by atoms with E-state index in [1.165, 1.54) is 5.01 Å². The second kappa shape index (κ2) is 10.2. The highest BCUT2D eigenvalue weighted by Gasteiger charge is 2.09. The van der Waals surface area contributed by atoms with Crippen LogP contribution in [0.3, 0.4) is 0 Å². The lowest BCUT2D eigenvalue weighted by Gasteiger charge is -2.18.